The number of rotatable bonds is 2. The topological polar surface area (TPSA) is 38.9 Å². The van der Waals surface area contributed by atoms with Crippen LogP contribution in [0.15, 0.2) is 18.3 Å². The first-order valence-electron chi connectivity index (χ1n) is 4.26. The smallest absolute Gasteiger partial charge is 0.317 e. The van der Waals surface area contributed by atoms with Crippen LogP contribution >= 0.6 is 0 Å². The lowest BCUT2D eigenvalue weighted by atomic mass is 9.95. The first-order valence-corrected chi connectivity index (χ1v) is 4.26. The molecule has 16 heavy (non-hydrogen) atoms. The van der Waals surface area contributed by atoms with Crippen molar-refractivity contribution in [3.05, 3.63) is 29.6 Å². The third-order valence-electron chi connectivity index (χ3n) is 2.13. The third-order valence-corrected chi connectivity index (χ3v) is 2.13. The minimum absolute atomic E-state index is 0.143. The molecule has 0 saturated heterocycles. The molecule has 0 bridgehead atoms. The van der Waals surface area contributed by atoms with E-state index in [2.05, 4.69) is 4.98 Å². The van der Waals surface area contributed by atoms with Crippen molar-refractivity contribution in [3.63, 3.8) is 0 Å². The van der Waals surface area contributed by atoms with Crippen LogP contribution in [-0.2, 0) is 11.7 Å². The summed E-state index contributed by atoms with van der Waals surface area (Å²) in [7, 11) is 0. The minimum atomic E-state index is -4.59. The van der Waals surface area contributed by atoms with E-state index in [4.69, 9.17) is 5.73 Å². The fourth-order valence-corrected chi connectivity index (χ4v) is 1.01. The Bertz CT molecular complexity index is 355. The quantitative estimate of drug-likeness (QED) is 0.807. The van der Waals surface area contributed by atoms with E-state index in [0.29, 0.717) is 6.07 Å². The third kappa shape index (κ3) is 2.46. The van der Waals surface area contributed by atoms with E-state index in [0.717, 1.165) is 19.2 Å². The molecule has 0 aliphatic rings. The predicted octanol–water partition coefficient (Wildman–Crippen LogP) is 2.54. The number of aromatic nitrogens is 1. The molecule has 0 aliphatic carbocycles. The Morgan fingerprint density at radius 2 is 1.81 bits per heavy atom. The normalized spacial score (nSPS) is 16.2. The Labute approximate surface area is 88.3 Å². The number of hydrogen-bond donors (Lipinski definition) is 1. The molecule has 90 valence electrons. The van der Waals surface area contributed by atoms with Crippen molar-refractivity contribution in [1.29, 1.82) is 0 Å². The average molecular weight is 240 g/mol. The lowest BCUT2D eigenvalue weighted by molar-refractivity contribution is -0.141. The van der Waals surface area contributed by atoms with Crippen LogP contribution in [0.5, 0.6) is 0 Å². The van der Waals surface area contributed by atoms with Crippen molar-refractivity contribution < 1.29 is 22.0 Å². The van der Waals surface area contributed by atoms with Gasteiger partial charge in [0.1, 0.15) is 11.2 Å². The molecule has 2 N–H and O–H groups in total. The van der Waals surface area contributed by atoms with Gasteiger partial charge in [0.05, 0.1) is 0 Å². The molecule has 2 nitrogen and oxygen atoms in total. The van der Waals surface area contributed by atoms with Crippen molar-refractivity contribution in [2.45, 2.75) is 25.1 Å². The monoisotopic (exact) mass is 240 g/mol. The van der Waals surface area contributed by atoms with Gasteiger partial charge in [-0.15, -0.1) is 0 Å². The van der Waals surface area contributed by atoms with Crippen LogP contribution in [0.3, 0.4) is 0 Å². The van der Waals surface area contributed by atoms with Crippen molar-refractivity contribution in [1.82, 2.24) is 4.98 Å². The van der Waals surface area contributed by atoms with E-state index >= 15 is 0 Å². The number of hydrogen-bond acceptors (Lipinski definition) is 2. The summed E-state index contributed by atoms with van der Waals surface area (Å²) in [6.45, 7) is 1.03. The van der Waals surface area contributed by atoms with Crippen LogP contribution in [0.2, 0.25) is 0 Å². The van der Waals surface area contributed by atoms with E-state index in [-0.39, 0.29) is 5.56 Å². The summed E-state index contributed by atoms with van der Waals surface area (Å²) < 4.78 is 61.3. The van der Waals surface area contributed by atoms with Gasteiger partial charge < -0.3 is 5.73 Å². The molecule has 1 atom stereocenters. The number of pyridine rings is 1. The first kappa shape index (κ1) is 12.8. The zero-order chi connectivity index (χ0) is 12.6. The van der Waals surface area contributed by atoms with Gasteiger partial charge in [-0.2, -0.15) is 13.2 Å². The predicted molar refractivity (Wildman–Crippen MR) is 46.8 cm³/mol. The molecule has 1 unspecified atom stereocenters. The molecule has 1 rings (SSSR count). The standard InChI is InChI=1S/C9H9F5N2/c1-8(15,7(10)11)5-2-3-6(16-4-5)9(12,13)14/h2-4,7H,15H2,1H3. The summed E-state index contributed by atoms with van der Waals surface area (Å²) >= 11 is 0. The number of alkyl halides is 5. The lowest BCUT2D eigenvalue weighted by Crippen LogP contribution is -2.40. The SMILES string of the molecule is CC(N)(c1ccc(C(F)(F)F)nc1)C(F)F. The second kappa shape index (κ2) is 3.97. The molecule has 0 radical (unpaired) electrons. The van der Waals surface area contributed by atoms with Crippen LogP contribution in [0.4, 0.5) is 22.0 Å². The fraction of sp³-hybridized carbons (Fsp3) is 0.444. The highest BCUT2D eigenvalue weighted by Crippen LogP contribution is 2.30. The van der Waals surface area contributed by atoms with Gasteiger partial charge in [-0.25, -0.2) is 8.78 Å². The highest BCUT2D eigenvalue weighted by atomic mass is 19.4. The Morgan fingerprint density at radius 3 is 2.12 bits per heavy atom. The molecule has 0 fully saturated rings. The first-order chi connectivity index (χ1) is 7.15. The molecule has 1 aromatic rings. The van der Waals surface area contributed by atoms with Crippen molar-refractivity contribution in [3.8, 4) is 0 Å². The molecular formula is C9H9F5N2. The summed E-state index contributed by atoms with van der Waals surface area (Å²) in [6.07, 6.45) is -6.75. The van der Waals surface area contributed by atoms with Crippen LogP contribution in [0.1, 0.15) is 18.2 Å². The van der Waals surface area contributed by atoms with E-state index in [1.54, 1.807) is 0 Å². The molecule has 1 aromatic heterocycles. The van der Waals surface area contributed by atoms with Gasteiger partial charge in [0.15, 0.2) is 0 Å². The maximum Gasteiger partial charge on any atom is 0.433 e. The van der Waals surface area contributed by atoms with E-state index in [1.165, 1.54) is 0 Å². The van der Waals surface area contributed by atoms with Gasteiger partial charge in [0.2, 0.25) is 0 Å². The van der Waals surface area contributed by atoms with Crippen LogP contribution in [0, 0.1) is 0 Å². The molecule has 1 heterocycles. The minimum Gasteiger partial charge on any atom is -0.317 e. The Hall–Kier alpha value is -1.24. The molecular weight excluding hydrogens is 231 g/mol. The number of nitrogens with two attached hydrogens (primary N) is 1. The number of halogens is 5. The maximum atomic E-state index is 12.5. The number of nitrogens with zero attached hydrogens (tertiary/aromatic N) is 1. The van der Waals surface area contributed by atoms with Crippen LogP contribution < -0.4 is 5.73 Å². The van der Waals surface area contributed by atoms with Gasteiger partial charge in [-0.05, 0) is 18.6 Å². The van der Waals surface area contributed by atoms with Gasteiger partial charge in [0.25, 0.3) is 6.43 Å². The molecule has 0 amide bonds. The summed E-state index contributed by atoms with van der Waals surface area (Å²) in [5.74, 6) is 0. The lowest BCUT2D eigenvalue weighted by Gasteiger charge is -2.23. The molecule has 0 saturated carbocycles. The van der Waals surface area contributed by atoms with Crippen molar-refractivity contribution >= 4 is 0 Å². The molecule has 7 heteroatoms. The average Bonchev–Trinajstić information content (AvgIpc) is 2.16. The second-order valence-corrected chi connectivity index (χ2v) is 3.51. The molecule has 0 aromatic carbocycles. The zero-order valence-corrected chi connectivity index (χ0v) is 8.22. The van der Waals surface area contributed by atoms with Gasteiger partial charge in [0, 0.05) is 6.20 Å². The summed E-state index contributed by atoms with van der Waals surface area (Å²) in [4.78, 5) is 3.06. The van der Waals surface area contributed by atoms with Crippen molar-refractivity contribution in [2.24, 2.45) is 5.73 Å². The maximum absolute atomic E-state index is 12.5. The largest absolute Gasteiger partial charge is 0.433 e. The Kier molecular flexibility index (Phi) is 3.18. The second-order valence-electron chi connectivity index (χ2n) is 3.51. The van der Waals surface area contributed by atoms with Gasteiger partial charge in [-0.3, -0.25) is 4.98 Å². The van der Waals surface area contributed by atoms with E-state index in [1.807, 2.05) is 0 Å². The Balaban J connectivity index is 3.05. The summed E-state index contributed by atoms with van der Waals surface area (Å²) in [5, 5.41) is 0. The zero-order valence-electron chi connectivity index (χ0n) is 8.22. The van der Waals surface area contributed by atoms with Crippen LogP contribution in [-0.4, -0.2) is 11.4 Å². The Morgan fingerprint density at radius 1 is 1.25 bits per heavy atom. The summed E-state index contributed by atoms with van der Waals surface area (Å²) in [6, 6.07) is 1.53. The highest BCUT2D eigenvalue weighted by molar-refractivity contribution is 5.23. The summed E-state index contributed by atoms with van der Waals surface area (Å²) in [5.41, 5.74) is 1.99. The van der Waals surface area contributed by atoms with E-state index in [9.17, 15) is 22.0 Å². The molecule has 0 aliphatic heterocycles. The van der Waals surface area contributed by atoms with E-state index < -0.39 is 23.8 Å². The fourth-order valence-electron chi connectivity index (χ4n) is 1.01. The van der Waals surface area contributed by atoms with Gasteiger partial charge >= 0.3 is 6.18 Å². The van der Waals surface area contributed by atoms with Crippen LogP contribution in [0.25, 0.3) is 0 Å². The van der Waals surface area contributed by atoms with Gasteiger partial charge in [-0.1, -0.05) is 6.07 Å². The van der Waals surface area contributed by atoms with Crippen molar-refractivity contribution in [2.75, 3.05) is 0 Å². The molecule has 0 spiro atoms. The highest BCUT2D eigenvalue weighted by Gasteiger charge is 2.35.